The zero-order chi connectivity index (χ0) is 16.7. The number of anilines is 1. The number of halogens is 1. The number of carbonyl (C=O) groups is 1. The van der Waals surface area contributed by atoms with Gasteiger partial charge in [0, 0.05) is 17.3 Å². The number of amides is 1. The highest BCUT2D eigenvalue weighted by atomic mass is 35.5. The first-order valence-corrected chi connectivity index (χ1v) is 9.03. The molecule has 1 aromatic carbocycles. The molecule has 0 spiro atoms. The second-order valence-corrected chi connectivity index (χ2v) is 6.66. The second-order valence-electron chi connectivity index (χ2n) is 5.31. The molecule has 2 rings (SSSR count). The number of aryl methyl sites for hydroxylation is 2. The van der Waals surface area contributed by atoms with Gasteiger partial charge < -0.3 is 9.88 Å². The Labute approximate surface area is 145 Å². The summed E-state index contributed by atoms with van der Waals surface area (Å²) in [6.45, 7) is 4.98. The van der Waals surface area contributed by atoms with Gasteiger partial charge in [-0.25, -0.2) is 0 Å². The van der Waals surface area contributed by atoms with Crippen LogP contribution in [-0.4, -0.2) is 26.4 Å². The zero-order valence-corrected chi connectivity index (χ0v) is 15.0. The smallest absolute Gasteiger partial charge is 0.234 e. The lowest BCUT2D eigenvalue weighted by Gasteiger charge is -2.07. The van der Waals surface area contributed by atoms with Crippen molar-refractivity contribution < 1.29 is 4.79 Å². The Morgan fingerprint density at radius 2 is 2.22 bits per heavy atom. The van der Waals surface area contributed by atoms with Crippen LogP contribution in [0, 0.1) is 6.92 Å². The molecule has 23 heavy (non-hydrogen) atoms. The fraction of sp³-hybridized carbons (Fsp3) is 0.438. The van der Waals surface area contributed by atoms with Crippen LogP contribution in [0.1, 0.15) is 31.7 Å². The lowest BCUT2D eigenvalue weighted by molar-refractivity contribution is -0.113. The minimum Gasteiger partial charge on any atom is -0.325 e. The number of aromatic nitrogens is 3. The van der Waals surface area contributed by atoms with Crippen LogP contribution in [0.15, 0.2) is 29.7 Å². The summed E-state index contributed by atoms with van der Waals surface area (Å²) in [4.78, 5) is 12.0. The number of carbonyl (C=O) groups excluding carboxylic acids is 1. The van der Waals surface area contributed by atoms with Crippen molar-refractivity contribution in [2.24, 2.45) is 0 Å². The molecule has 1 aromatic heterocycles. The molecule has 0 aliphatic heterocycles. The molecule has 0 atom stereocenters. The van der Waals surface area contributed by atoms with Gasteiger partial charge in [0.15, 0.2) is 5.16 Å². The fourth-order valence-corrected chi connectivity index (χ4v) is 2.96. The molecule has 0 radical (unpaired) electrons. The number of unbranched alkanes of at least 4 members (excludes halogenated alkanes) is 2. The first kappa shape index (κ1) is 17.8. The van der Waals surface area contributed by atoms with Gasteiger partial charge in [-0.1, -0.05) is 49.2 Å². The van der Waals surface area contributed by atoms with Crippen LogP contribution >= 0.6 is 23.4 Å². The Kier molecular flexibility index (Phi) is 6.92. The molecule has 0 fully saturated rings. The predicted octanol–water partition coefficient (Wildman–Crippen LogP) is 4.16. The molecule has 2 aromatic rings. The Bertz CT molecular complexity index is 659. The Morgan fingerprint density at radius 1 is 1.39 bits per heavy atom. The average Bonchev–Trinajstić information content (AvgIpc) is 2.97. The number of nitrogens with one attached hydrogen (secondary N) is 1. The summed E-state index contributed by atoms with van der Waals surface area (Å²) in [6.07, 6.45) is 5.16. The molecule has 124 valence electrons. The van der Waals surface area contributed by atoms with Gasteiger partial charge in [-0.05, 0) is 31.0 Å². The zero-order valence-electron chi connectivity index (χ0n) is 13.4. The standard InChI is InChI=1S/C16H21ClN4OS/c1-3-4-5-8-21-11-18-20-16(21)23-10-15(22)19-13-7-6-12(2)14(17)9-13/h6-7,9,11H,3-5,8,10H2,1-2H3,(H,19,22). The molecule has 5 nitrogen and oxygen atoms in total. The van der Waals surface area contributed by atoms with Crippen molar-refractivity contribution in [3.8, 4) is 0 Å². The summed E-state index contributed by atoms with van der Waals surface area (Å²) in [5.74, 6) is 0.204. The molecule has 1 N–H and O–H groups in total. The van der Waals surface area contributed by atoms with Gasteiger partial charge in [0.2, 0.25) is 5.91 Å². The van der Waals surface area contributed by atoms with Gasteiger partial charge in [0.05, 0.1) is 5.75 Å². The average molecular weight is 353 g/mol. The van der Waals surface area contributed by atoms with E-state index in [9.17, 15) is 4.79 Å². The molecule has 0 bridgehead atoms. The normalized spacial score (nSPS) is 10.7. The Hall–Kier alpha value is -1.53. The summed E-state index contributed by atoms with van der Waals surface area (Å²) < 4.78 is 2.00. The van der Waals surface area contributed by atoms with Gasteiger partial charge >= 0.3 is 0 Å². The van der Waals surface area contributed by atoms with Gasteiger partial charge in [0.25, 0.3) is 0 Å². The summed E-state index contributed by atoms with van der Waals surface area (Å²) in [5, 5.41) is 12.3. The molecule has 0 saturated heterocycles. The maximum Gasteiger partial charge on any atom is 0.234 e. The number of nitrogens with zero attached hydrogens (tertiary/aromatic N) is 3. The molecule has 0 aliphatic rings. The van der Waals surface area contributed by atoms with Crippen LogP contribution in [0.3, 0.4) is 0 Å². The van der Waals surface area contributed by atoms with Crippen LogP contribution in [0.25, 0.3) is 0 Å². The molecular formula is C16H21ClN4OS. The van der Waals surface area contributed by atoms with Crippen molar-refractivity contribution in [1.29, 1.82) is 0 Å². The van der Waals surface area contributed by atoms with E-state index < -0.39 is 0 Å². The number of benzene rings is 1. The monoisotopic (exact) mass is 352 g/mol. The van der Waals surface area contributed by atoms with E-state index in [0.29, 0.717) is 10.7 Å². The van der Waals surface area contributed by atoms with E-state index in [1.165, 1.54) is 24.6 Å². The molecule has 0 saturated carbocycles. The highest BCUT2D eigenvalue weighted by molar-refractivity contribution is 7.99. The second kappa shape index (κ2) is 8.93. The highest BCUT2D eigenvalue weighted by Crippen LogP contribution is 2.21. The lowest BCUT2D eigenvalue weighted by atomic mass is 10.2. The van der Waals surface area contributed by atoms with E-state index in [2.05, 4.69) is 22.4 Å². The third-order valence-corrected chi connectivity index (χ3v) is 4.76. The van der Waals surface area contributed by atoms with Crippen LogP contribution in [0.5, 0.6) is 0 Å². The molecule has 1 amide bonds. The Balaban J connectivity index is 1.84. The number of hydrogen-bond acceptors (Lipinski definition) is 4. The van der Waals surface area contributed by atoms with Crippen molar-refractivity contribution in [3.05, 3.63) is 35.1 Å². The topological polar surface area (TPSA) is 59.8 Å². The first-order valence-electron chi connectivity index (χ1n) is 7.66. The molecule has 0 unspecified atom stereocenters. The SMILES string of the molecule is CCCCCn1cnnc1SCC(=O)Nc1ccc(C)c(Cl)c1. The quantitative estimate of drug-likeness (QED) is 0.572. The van der Waals surface area contributed by atoms with Gasteiger partial charge in [-0.15, -0.1) is 10.2 Å². The maximum absolute atomic E-state index is 12.0. The van der Waals surface area contributed by atoms with Crippen molar-refractivity contribution in [2.45, 2.75) is 44.8 Å². The summed E-state index contributed by atoms with van der Waals surface area (Å²) in [7, 11) is 0. The molecule has 0 aliphatic carbocycles. The molecule has 1 heterocycles. The van der Waals surface area contributed by atoms with Gasteiger partial charge in [0.1, 0.15) is 6.33 Å². The van der Waals surface area contributed by atoms with E-state index in [4.69, 9.17) is 11.6 Å². The number of thioether (sulfide) groups is 1. The Morgan fingerprint density at radius 3 is 2.96 bits per heavy atom. The lowest BCUT2D eigenvalue weighted by Crippen LogP contribution is -2.14. The van der Waals surface area contributed by atoms with Gasteiger partial charge in [-0.3, -0.25) is 4.79 Å². The van der Waals surface area contributed by atoms with Crippen LogP contribution in [0.4, 0.5) is 5.69 Å². The molecular weight excluding hydrogens is 332 g/mol. The van der Waals surface area contributed by atoms with E-state index in [1.54, 1.807) is 12.4 Å². The first-order chi connectivity index (χ1) is 11.1. The molecule has 7 heteroatoms. The van der Waals surface area contributed by atoms with Gasteiger partial charge in [-0.2, -0.15) is 0 Å². The summed E-state index contributed by atoms with van der Waals surface area (Å²) in [6, 6.07) is 5.49. The summed E-state index contributed by atoms with van der Waals surface area (Å²) in [5.41, 5.74) is 1.69. The minimum absolute atomic E-state index is 0.0852. The van der Waals surface area contributed by atoms with Crippen LogP contribution in [0.2, 0.25) is 5.02 Å². The van der Waals surface area contributed by atoms with Crippen molar-refractivity contribution in [3.63, 3.8) is 0 Å². The van der Waals surface area contributed by atoms with E-state index in [-0.39, 0.29) is 11.7 Å². The summed E-state index contributed by atoms with van der Waals surface area (Å²) >= 11 is 7.45. The maximum atomic E-state index is 12.0. The van der Waals surface area contributed by atoms with Crippen molar-refractivity contribution in [2.75, 3.05) is 11.1 Å². The van der Waals surface area contributed by atoms with E-state index in [1.807, 2.05) is 23.6 Å². The number of rotatable bonds is 8. The third kappa shape index (κ3) is 5.55. The third-order valence-electron chi connectivity index (χ3n) is 3.37. The van der Waals surface area contributed by atoms with E-state index >= 15 is 0 Å². The van der Waals surface area contributed by atoms with E-state index in [0.717, 1.165) is 23.7 Å². The fourth-order valence-electron chi connectivity index (χ4n) is 2.04. The highest BCUT2D eigenvalue weighted by Gasteiger charge is 2.09. The minimum atomic E-state index is -0.0852. The van der Waals surface area contributed by atoms with Crippen LogP contribution < -0.4 is 5.32 Å². The largest absolute Gasteiger partial charge is 0.325 e. The predicted molar refractivity (Wildman–Crippen MR) is 95.1 cm³/mol. The van der Waals surface area contributed by atoms with Crippen molar-refractivity contribution >= 4 is 35.0 Å². The van der Waals surface area contributed by atoms with Crippen molar-refractivity contribution in [1.82, 2.24) is 14.8 Å². The number of hydrogen-bond donors (Lipinski definition) is 1. The van der Waals surface area contributed by atoms with Crippen LogP contribution in [-0.2, 0) is 11.3 Å².